The van der Waals surface area contributed by atoms with Gasteiger partial charge in [-0.2, -0.15) is 0 Å². The average molecular weight is 283 g/mol. The number of nitrogens with zero attached hydrogens (tertiary/aromatic N) is 1. The summed E-state index contributed by atoms with van der Waals surface area (Å²) < 4.78 is 0. The van der Waals surface area contributed by atoms with Gasteiger partial charge in [-0.3, -0.25) is 9.78 Å². The maximum absolute atomic E-state index is 12.9. The highest BCUT2D eigenvalue weighted by atomic mass is 16.1. The number of ketones is 1. The quantitative estimate of drug-likeness (QED) is 0.704. The Hall–Kier alpha value is -3.00. The molecule has 4 rings (SSSR count). The van der Waals surface area contributed by atoms with Crippen LogP contribution in [0.2, 0.25) is 0 Å². The molecule has 1 aromatic heterocycles. The fourth-order valence-corrected chi connectivity index (χ4v) is 2.97. The van der Waals surface area contributed by atoms with E-state index >= 15 is 0 Å². The molecule has 2 heteroatoms. The Kier molecular flexibility index (Phi) is 2.94. The summed E-state index contributed by atoms with van der Waals surface area (Å²) in [5.74, 6) is 0.0717. The summed E-state index contributed by atoms with van der Waals surface area (Å²) in [5.41, 5.74) is 5.41. The van der Waals surface area contributed by atoms with E-state index in [2.05, 4.69) is 4.98 Å². The van der Waals surface area contributed by atoms with Gasteiger partial charge in [-0.05, 0) is 17.2 Å². The summed E-state index contributed by atoms with van der Waals surface area (Å²) in [6, 6.07) is 21.6. The van der Waals surface area contributed by atoms with Gasteiger partial charge in [0.2, 0.25) is 0 Å². The summed E-state index contributed by atoms with van der Waals surface area (Å²) in [4.78, 5) is 17.1. The highest BCUT2D eigenvalue weighted by molar-refractivity contribution is 6.41. The van der Waals surface area contributed by atoms with Crippen LogP contribution >= 0.6 is 0 Å². The number of pyridine rings is 1. The fraction of sp³-hybridized carbons (Fsp3) is 0. The largest absolute Gasteiger partial charge is 0.289 e. The molecule has 3 aromatic rings. The summed E-state index contributed by atoms with van der Waals surface area (Å²) in [6.07, 6.45) is 3.47. The summed E-state index contributed by atoms with van der Waals surface area (Å²) in [5, 5.41) is 0. The summed E-state index contributed by atoms with van der Waals surface area (Å²) >= 11 is 0. The highest BCUT2D eigenvalue weighted by Crippen LogP contribution is 2.41. The van der Waals surface area contributed by atoms with Gasteiger partial charge in [-0.25, -0.2) is 0 Å². The van der Waals surface area contributed by atoms with Crippen molar-refractivity contribution in [3.63, 3.8) is 0 Å². The number of Topliss-reactive ketones (excluding diaryl/α,β-unsaturated/α-hetero) is 1. The maximum atomic E-state index is 12.9. The van der Waals surface area contributed by atoms with Crippen molar-refractivity contribution in [3.05, 3.63) is 101 Å². The third-order valence-corrected chi connectivity index (χ3v) is 3.93. The molecule has 1 aliphatic carbocycles. The van der Waals surface area contributed by atoms with Crippen molar-refractivity contribution in [2.75, 3.05) is 0 Å². The predicted molar refractivity (Wildman–Crippen MR) is 87.4 cm³/mol. The van der Waals surface area contributed by atoms with Crippen molar-refractivity contribution in [2.24, 2.45) is 0 Å². The first-order valence-electron chi connectivity index (χ1n) is 7.20. The van der Waals surface area contributed by atoms with Crippen LogP contribution in [0, 0.1) is 0 Å². The fourth-order valence-electron chi connectivity index (χ4n) is 2.97. The molecule has 2 aromatic carbocycles. The number of fused-ring (bicyclic) bond motifs is 1. The number of carbonyl (C=O) groups excluding carboxylic acids is 1. The van der Waals surface area contributed by atoms with Crippen LogP contribution in [0.5, 0.6) is 0 Å². The van der Waals surface area contributed by atoms with E-state index in [1.54, 1.807) is 12.4 Å². The van der Waals surface area contributed by atoms with E-state index in [-0.39, 0.29) is 5.78 Å². The Morgan fingerprint density at radius 2 is 1.32 bits per heavy atom. The molecule has 0 amide bonds. The minimum atomic E-state index is 0.0717. The van der Waals surface area contributed by atoms with E-state index in [9.17, 15) is 4.79 Å². The smallest absolute Gasteiger partial charge is 0.194 e. The molecule has 0 spiro atoms. The molecule has 1 aliphatic rings. The van der Waals surface area contributed by atoms with Crippen LogP contribution in [0.15, 0.2) is 79.1 Å². The zero-order valence-electron chi connectivity index (χ0n) is 11.9. The third kappa shape index (κ3) is 1.89. The number of hydrogen-bond acceptors (Lipinski definition) is 2. The van der Waals surface area contributed by atoms with Gasteiger partial charge < -0.3 is 0 Å². The van der Waals surface area contributed by atoms with Crippen molar-refractivity contribution in [1.29, 1.82) is 0 Å². The molecule has 104 valence electrons. The molecule has 0 unspecified atom stereocenters. The van der Waals surface area contributed by atoms with Gasteiger partial charge in [-0.15, -0.1) is 0 Å². The standard InChI is InChI=1S/C20H13NO/c22-20-17-11-5-4-10-16(17)18(14-7-2-1-3-8-14)19(20)15-9-6-12-21-13-15/h1-13H. The molecular formula is C20H13NO. The second-order valence-electron chi connectivity index (χ2n) is 5.23. The lowest BCUT2D eigenvalue weighted by Gasteiger charge is -2.08. The summed E-state index contributed by atoms with van der Waals surface area (Å²) in [6.45, 7) is 0. The minimum absolute atomic E-state index is 0.0717. The Morgan fingerprint density at radius 1 is 0.636 bits per heavy atom. The molecule has 0 bridgehead atoms. The minimum Gasteiger partial charge on any atom is -0.289 e. The maximum Gasteiger partial charge on any atom is 0.194 e. The number of allylic oxidation sites excluding steroid dienone is 1. The second kappa shape index (κ2) is 5.08. The first kappa shape index (κ1) is 12.7. The molecule has 0 aliphatic heterocycles. The molecule has 0 N–H and O–H groups in total. The lowest BCUT2D eigenvalue weighted by atomic mass is 9.95. The number of rotatable bonds is 2. The van der Waals surface area contributed by atoms with Crippen LogP contribution in [0.1, 0.15) is 27.0 Å². The highest BCUT2D eigenvalue weighted by Gasteiger charge is 2.30. The molecule has 0 fully saturated rings. The van der Waals surface area contributed by atoms with Crippen molar-refractivity contribution in [1.82, 2.24) is 4.98 Å². The van der Waals surface area contributed by atoms with Crippen LogP contribution < -0.4 is 0 Å². The van der Waals surface area contributed by atoms with Crippen molar-refractivity contribution < 1.29 is 4.79 Å². The Bertz CT molecular complexity index is 880. The van der Waals surface area contributed by atoms with E-state index in [0.717, 1.165) is 33.4 Å². The molecule has 0 atom stereocenters. The van der Waals surface area contributed by atoms with Crippen LogP contribution in [0.25, 0.3) is 11.1 Å². The van der Waals surface area contributed by atoms with Gasteiger partial charge in [0.05, 0.1) is 0 Å². The van der Waals surface area contributed by atoms with Gasteiger partial charge in [0, 0.05) is 34.7 Å². The van der Waals surface area contributed by atoms with Gasteiger partial charge >= 0.3 is 0 Å². The molecule has 0 saturated carbocycles. The molecular weight excluding hydrogens is 270 g/mol. The lowest BCUT2D eigenvalue weighted by Crippen LogP contribution is -1.98. The van der Waals surface area contributed by atoms with Gasteiger partial charge in [-0.1, -0.05) is 60.7 Å². The van der Waals surface area contributed by atoms with Crippen LogP contribution in [-0.2, 0) is 0 Å². The lowest BCUT2D eigenvalue weighted by molar-refractivity contribution is 0.105. The summed E-state index contributed by atoms with van der Waals surface area (Å²) in [7, 11) is 0. The molecule has 2 nitrogen and oxygen atoms in total. The van der Waals surface area contributed by atoms with Crippen LogP contribution in [0.4, 0.5) is 0 Å². The van der Waals surface area contributed by atoms with Crippen molar-refractivity contribution in [2.45, 2.75) is 0 Å². The Morgan fingerprint density at radius 3 is 2.05 bits per heavy atom. The van der Waals surface area contributed by atoms with E-state index in [4.69, 9.17) is 0 Å². The Balaban J connectivity index is 2.05. The SMILES string of the molecule is O=C1C(c2cccnc2)=C(c2ccccc2)c2ccccc21. The molecule has 0 radical (unpaired) electrons. The number of carbonyl (C=O) groups is 1. The van der Waals surface area contributed by atoms with Gasteiger partial charge in [0.15, 0.2) is 5.78 Å². The zero-order chi connectivity index (χ0) is 14.9. The van der Waals surface area contributed by atoms with Crippen molar-refractivity contribution >= 4 is 16.9 Å². The van der Waals surface area contributed by atoms with Crippen molar-refractivity contribution in [3.8, 4) is 0 Å². The number of aromatic nitrogens is 1. The van der Waals surface area contributed by atoms with E-state index in [1.165, 1.54) is 0 Å². The Labute approximate surface area is 128 Å². The van der Waals surface area contributed by atoms with E-state index in [1.807, 2.05) is 66.7 Å². The second-order valence-corrected chi connectivity index (χ2v) is 5.23. The number of hydrogen-bond donors (Lipinski definition) is 0. The first-order valence-corrected chi connectivity index (χ1v) is 7.20. The van der Waals surface area contributed by atoms with E-state index < -0.39 is 0 Å². The normalized spacial score (nSPS) is 13.4. The average Bonchev–Trinajstić information content (AvgIpc) is 2.90. The number of benzene rings is 2. The van der Waals surface area contributed by atoms with Crippen LogP contribution in [0.3, 0.4) is 0 Å². The molecule has 1 heterocycles. The third-order valence-electron chi connectivity index (χ3n) is 3.93. The van der Waals surface area contributed by atoms with Crippen LogP contribution in [-0.4, -0.2) is 10.8 Å². The molecule has 0 saturated heterocycles. The predicted octanol–water partition coefficient (Wildman–Crippen LogP) is 4.24. The topological polar surface area (TPSA) is 30.0 Å². The zero-order valence-corrected chi connectivity index (χ0v) is 11.9. The van der Waals surface area contributed by atoms with Gasteiger partial charge in [0.25, 0.3) is 0 Å². The van der Waals surface area contributed by atoms with E-state index in [0.29, 0.717) is 0 Å². The van der Waals surface area contributed by atoms with Gasteiger partial charge in [0.1, 0.15) is 0 Å². The monoisotopic (exact) mass is 283 g/mol. The first-order chi connectivity index (χ1) is 10.9. The molecule has 22 heavy (non-hydrogen) atoms.